The maximum absolute atomic E-state index is 5.98. The highest BCUT2D eigenvalue weighted by molar-refractivity contribution is 5.48. The summed E-state index contributed by atoms with van der Waals surface area (Å²) < 4.78 is 0. The van der Waals surface area contributed by atoms with Crippen molar-refractivity contribution < 1.29 is 0 Å². The molecule has 1 heterocycles. The van der Waals surface area contributed by atoms with Gasteiger partial charge in [-0.3, -0.25) is 0 Å². The molecule has 1 aromatic carbocycles. The lowest BCUT2D eigenvalue weighted by Gasteiger charge is -2.27. The van der Waals surface area contributed by atoms with Crippen LogP contribution >= 0.6 is 0 Å². The molecule has 0 aliphatic heterocycles. The zero-order chi connectivity index (χ0) is 13.0. The van der Waals surface area contributed by atoms with Gasteiger partial charge in [0.25, 0.3) is 0 Å². The lowest BCUT2D eigenvalue weighted by molar-refractivity contribution is 0.661. The topological polar surface area (TPSA) is 55.0 Å². The molecule has 0 aliphatic carbocycles. The van der Waals surface area contributed by atoms with E-state index in [1.165, 1.54) is 0 Å². The molecule has 18 heavy (non-hydrogen) atoms. The molecule has 0 unspecified atom stereocenters. The van der Waals surface area contributed by atoms with Crippen molar-refractivity contribution in [2.75, 3.05) is 10.6 Å². The van der Waals surface area contributed by atoms with Gasteiger partial charge in [0.05, 0.1) is 0 Å². The Bertz CT molecular complexity index is 496. The zero-order valence-electron chi connectivity index (χ0n) is 10.7. The molecule has 0 amide bonds. The van der Waals surface area contributed by atoms with Crippen molar-refractivity contribution in [2.45, 2.75) is 26.4 Å². The monoisotopic (exact) mass is 242 g/mol. The second-order valence-electron chi connectivity index (χ2n) is 4.47. The predicted molar refractivity (Wildman–Crippen MR) is 74.2 cm³/mol. The van der Waals surface area contributed by atoms with Crippen LogP contribution in [0.5, 0.6) is 0 Å². The first kappa shape index (κ1) is 12.4. The van der Waals surface area contributed by atoms with E-state index in [1.807, 2.05) is 30.3 Å². The second-order valence-corrected chi connectivity index (χ2v) is 4.47. The summed E-state index contributed by atoms with van der Waals surface area (Å²) >= 11 is 0. The minimum atomic E-state index is 0.312. The first-order valence-electron chi connectivity index (χ1n) is 6.05. The zero-order valence-corrected chi connectivity index (χ0v) is 10.7. The smallest absolute Gasteiger partial charge is 0.225 e. The van der Waals surface area contributed by atoms with E-state index in [0.29, 0.717) is 12.6 Å². The Labute approximate surface area is 107 Å². The molecule has 0 saturated carbocycles. The summed E-state index contributed by atoms with van der Waals surface area (Å²) in [5.74, 6) is 0.732. The lowest BCUT2D eigenvalue weighted by Crippen LogP contribution is -2.31. The van der Waals surface area contributed by atoms with E-state index >= 15 is 0 Å². The van der Waals surface area contributed by atoms with Gasteiger partial charge in [0.2, 0.25) is 5.95 Å². The average Bonchev–Trinajstić information content (AvgIpc) is 2.38. The highest BCUT2D eigenvalue weighted by Crippen LogP contribution is 2.18. The Kier molecular flexibility index (Phi) is 3.77. The van der Waals surface area contributed by atoms with Crippen LogP contribution in [0.3, 0.4) is 0 Å². The van der Waals surface area contributed by atoms with Gasteiger partial charge in [-0.2, -0.15) is 0 Å². The Morgan fingerprint density at radius 1 is 1.11 bits per heavy atom. The third-order valence-corrected chi connectivity index (χ3v) is 2.83. The molecule has 94 valence electrons. The first-order valence-corrected chi connectivity index (χ1v) is 6.05. The number of hydrogen-bond donors (Lipinski definition) is 1. The van der Waals surface area contributed by atoms with Gasteiger partial charge in [0.15, 0.2) is 0 Å². The summed E-state index contributed by atoms with van der Waals surface area (Å²) in [5.41, 5.74) is 7.88. The van der Waals surface area contributed by atoms with Gasteiger partial charge in [0, 0.05) is 30.7 Å². The van der Waals surface area contributed by atoms with Gasteiger partial charge in [0.1, 0.15) is 0 Å². The van der Waals surface area contributed by atoms with Gasteiger partial charge in [-0.1, -0.05) is 18.2 Å². The molecule has 1 aromatic heterocycles. The molecule has 2 aromatic rings. The Morgan fingerprint density at radius 2 is 1.78 bits per heavy atom. The highest BCUT2D eigenvalue weighted by Gasteiger charge is 2.14. The summed E-state index contributed by atoms with van der Waals surface area (Å²) in [6, 6.07) is 10.0. The number of nitrogen functional groups attached to an aromatic ring is 1. The van der Waals surface area contributed by atoms with Crippen LogP contribution in [-0.4, -0.2) is 16.0 Å². The summed E-state index contributed by atoms with van der Waals surface area (Å²) in [7, 11) is 0. The van der Waals surface area contributed by atoms with Crippen molar-refractivity contribution in [3.05, 3.63) is 48.3 Å². The quantitative estimate of drug-likeness (QED) is 0.837. The summed E-state index contributed by atoms with van der Waals surface area (Å²) in [6.07, 6.45) is 3.51. The van der Waals surface area contributed by atoms with Crippen LogP contribution in [0.2, 0.25) is 0 Å². The highest BCUT2D eigenvalue weighted by atomic mass is 15.3. The Morgan fingerprint density at radius 3 is 2.39 bits per heavy atom. The maximum atomic E-state index is 5.98. The molecule has 0 fully saturated rings. The normalized spacial score (nSPS) is 10.6. The minimum Gasteiger partial charge on any atom is -0.398 e. The van der Waals surface area contributed by atoms with E-state index in [2.05, 4.69) is 28.7 Å². The molecule has 4 nitrogen and oxygen atoms in total. The Hall–Kier alpha value is -2.10. The number of rotatable bonds is 4. The van der Waals surface area contributed by atoms with E-state index in [1.54, 1.807) is 12.4 Å². The van der Waals surface area contributed by atoms with Crippen molar-refractivity contribution in [3.8, 4) is 0 Å². The summed E-state index contributed by atoms with van der Waals surface area (Å²) in [6.45, 7) is 4.96. The number of anilines is 2. The van der Waals surface area contributed by atoms with Gasteiger partial charge in [-0.25, -0.2) is 9.97 Å². The van der Waals surface area contributed by atoms with Gasteiger partial charge < -0.3 is 10.6 Å². The Balaban J connectivity index is 2.26. The van der Waals surface area contributed by atoms with Crippen molar-refractivity contribution in [2.24, 2.45) is 0 Å². The number of aromatic nitrogens is 2. The van der Waals surface area contributed by atoms with Crippen LogP contribution in [0, 0.1) is 0 Å². The number of benzene rings is 1. The SMILES string of the molecule is CC(C)N(Cc1ccccc1N)c1ncccn1. The van der Waals surface area contributed by atoms with Crippen LogP contribution in [0.4, 0.5) is 11.6 Å². The summed E-state index contributed by atoms with van der Waals surface area (Å²) in [4.78, 5) is 10.7. The van der Waals surface area contributed by atoms with Crippen LogP contribution in [-0.2, 0) is 6.54 Å². The molecule has 0 bridgehead atoms. The van der Waals surface area contributed by atoms with Crippen molar-refractivity contribution in [1.29, 1.82) is 0 Å². The van der Waals surface area contributed by atoms with E-state index in [0.717, 1.165) is 17.2 Å². The number of para-hydroxylation sites is 1. The van der Waals surface area contributed by atoms with Crippen molar-refractivity contribution in [1.82, 2.24) is 9.97 Å². The third kappa shape index (κ3) is 2.77. The van der Waals surface area contributed by atoms with E-state index in [4.69, 9.17) is 5.73 Å². The molecule has 0 saturated heterocycles. The average molecular weight is 242 g/mol. The van der Waals surface area contributed by atoms with Crippen molar-refractivity contribution in [3.63, 3.8) is 0 Å². The predicted octanol–water partition coefficient (Wildman–Crippen LogP) is 2.47. The van der Waals surface area contributed by atoms with Crippen LogP contribution in [0.15, 0.2) is 42.7 Å². The molecule has 0 spiro atoms. The third-order valence-electron chi connectivity index (χ3n) is 2.83. The van der Waals surface area contributed by atoms with Crippen LogP contribution in [0.1, 0.15) is 19.4 Å². The van der Waals surface area contributed by atoms with Crippen LogP contribution in [0.25, 0.3) is 0 Å². The fourth-order valence-electron chi connectivity index (χ4n) is 1.79. The molecule has 0 radical (unpaired) electrons. The number of hydrogen-bond acceptors (Lipinski definition) is 4. The fourth-order valence-corrected chi connectivity index (χ4v) is 1.79. The number of nitrogens with zero attached hydrogens (tertiary/aromatic N) is 3. The standard InChI is InChI=1S/C14H18N4/c1-11(2)18(14-16-8-5-9-17-14)10-12-6-3-4-7-13(12)15/h3-9,11H,10,15H2,1-2H3. The van der Waals surface area contributed by atoms with Gasteiger partial charge in [-0.05, 0) is 31.5 Å². The minimum absolute atomic E-state index is 0.312. The van der Waals surface area contributed by atoms with Gasteiger partial charge >= 0.3 is 0 Å². The second kappa shape index (κ2) is 5.49. The molecule has 4 heteroatoms. The van der Waals surface area contributed by atoms with E-state index < -0.39 is 0 Å². The van der Waals surface area contributed by atoms with Crippen molar-refractivity contribution >= 4 is 11.6 Å². The molecule has 2 N–H and O–H groups in total. The molecular weight excluding hydrogens is 224 g/mol. The van der Waals surface area contributed by atoms with Gasteiger partial charge in [-0.15, -0.1) is 0 Å². The van der Waals surface area contributed by atoms with E-state index in [9.17, 15) is 0 Å². The fraction of sp³-hybridized carbons (Fsp3) is 0.286. The lowest BCUT2D eigenvalue weighted by atomic mass is 10.1. The molecular formula is C14H18N4. The molecule has 2 rings (SSSR count). The maximum Gasteiger partial charge on any atom is 0.225 e. The largest absolute Gasteiger partial charge is 0.398 e. The first-order chi connectivity index (χ1) is 8.68. The molecule has 0 aliphatic rings. The van der Waals surface area contributed by atoms with Crippen LogP contribution < -0.4 is 10.6 Å². The molecule has 0 atom stereocenters. The van der Waals surface area contributed by atoms with E-state index in [-0.39, 0.29) is 0 Å². The summed E-state index contributed by atoms with van der Waals surface area (Å²) in [5, 5.41) is 0. The number of nitrogens with two attached hydrogens (primary N) is 1.